The molecule has 11 rings (SSSR count). The lowest BCUT2D eigenvalue weighted by atomic mass is 9.66. The van der Waals surface area contributed by atoms with Crippen molar-refractivity contribution in [3.05, 3.63) is 219 Å². The van der Waals surface area contributed by atoms with Gasteiger partial charge in [0.15, 0.2) is 5.78 Å². The zero-order valence-corrected chi connectivity index (χ0v) is 29.5. The molecule has 0 heterocycles. The number of carbonyl (C=O) groups excluding carboxylic acids is 1. The highest BCUT2D eigenvalue weighted by Crippen LogP contribution is 2.66. The molecule has 248 valence electrons. The Bertz CT molecular complexity index is 2600. The molecule has 0 fully saturated rings. The summed E-state index contributed by atoms with van der Waals surface area (Å²) in [6, 6.07) is 42.2. The third-order valence-corrected chi connectivity index (χ3v) is 13.1. The molecule has 0 saturated heterocycles. The lowest BCUT2D eigenvalue weighted by molar-refractivity contribution is 0.103. The van der Waals surface area contributed by atoms with Gasteiger partial charge in [-0.3, -0.25) is 4.79 Å². The molecular weight excluding hydrogens is 629 g/mol. The molecule has 2 spiro atoms. The Labute approximate surface area is 305 Å². The minimum Gasteiger partial charge on any atom is -0.289 e. The summed E-state index contributed by atoms with van der Waals surface area (Å²) in [5, 5.41) is 0. The molecule has 0 aromatic heterocycles. The molecule has 0 radical (unpaired) electrons. The summed E-state index contributed by atoms with van der Waals surface area (Å²) in [6.07, 6.45) is 16.8. The van der Waals surface area contributed by atoms with E-state index in [1.807, 2.05) is 0 Å². The number of benzene rings is 5. The summed E-state index contributed by atoms with van der Waals surface area (Å²) in [7, 11) is 0. The van der Waals surface area contributed by atoms with Crippen molar-refractivity contribution in [1.82, 2.24) is 0 Å². The van der Waals surface area contributed by atoms with Crippen LogP contribution in [0.1, 0.15) is 76.8 Å². The minimum absolute atomic E-state index is 0.106. The summed E-state index contributed by atoms with van der Waals surface area (Å²) in [6.45, 7) is 4.36. The number of carbonyl (C=O) groups is 1. The molecule has 0 N–H and O–H groups in total. The molecule has 6 aliphatic rings. The first-order valence-corrected chi connectivity index (χ1v) is 18.8. The summed E-state index contributed by atoms with van der Waals surface area (Å²) in [4.78, 5) is 15.0. The Morgan fingerprint density at radius 3 is 1.92 bits per heavy atom. The maximum Gasteiger partial charge on any atom is 0.192 e. The predicted molar refractivity (Wildman–Crippen MR) is 212 cm³/mol. The van der Waals surface area contributed by atoms with Gasteiger partial charge >= 0.3 is 0 Å². The van der Waals surface area contributed by atoms with Crippen LogP contribution in [0.5, 0.6) is 0 Å². The van der Waals surface area contributed by atoms with Gasteiger partial charge in [0.25, 0.3) is 0 Å². The van der Waals surface area contributed by atoms with Crippen LogP contribution in [0, 0.1) is 5.92 Å². The van der Waals surface area contributed by atoms with E-state index < -0.39 is 5.41 Å². The molecule has 1 nitrogen and oxygen atoms in total. The van der Waals surface area contributed by atoms with Crippen molar-refractivity contribution in [3.8, 4) is 22.3 Å². The second kappa shape index (κ2) is 10.6. The van der Waals surface area contributed by atoms with Crippen molar-refractivity contribution >= 4 is 11.4 Å². The molecule has 5 aromatic rings. The van der Waals surface area contributed by atoms with Gasteiger partial charge in [-0.05, 0) is 123 Å². The Morgan fingerprint density at radius 2 is 1.27 bits per heavy atom. The lowest BCUT2D eigenvalue weighted by Crippen LogP contribution is -2.29. The van der Waals surface area contributed by atoms with E-state index in [0.717, 1.165) is 30.4 Å². The van der Waals surface area contributed by atoms with E-state index in [9.17, 15) is 0 Å². The van der Waals surface area contributed by atoms with E-state index in [0.29, 0.717) is 5.92 Å². The number of allylic oxidation sites excluding steroid dienone is 12. The third-order valence-electron chi connectivity index (χ3n) is 13.1. The lowest BCUT2D eigenvalue weighted by Gasteiger charge is -2.35. The van der Waals surface area contributed by atoms with Crippen LogP contribution in [0.15, 0.2) is 180 Å². The van der Waals surface area contributed by atoms with E-state index in [1.165, 1.54) is 77.9 Å². The van der Waals surface area contributed by atoms with Crippen LogP contribution in [0.25, 0.3) is 27.8 Å². The number of hydrogen-bond acceptors (Lipinski definition) is 1. The van der Waals surface area contributed by atoms with Crippen molar-refractivity contribution in [2.24, 2.45) is 5.92 Å². The fraction of sp³-hybridized carbons (Fsp3) is 0.157. The SMILES string of the molecule is C/C=C\C1=C(C)c2ccccc2C12c1ccccc1-c1ccc(C(=O)C3=CCC4C(=C3)C3(C5=C4CCC=C5)c4ccccc4-c4ccccc43)cc12. The minimum atomic E-state index is -0.470. The highest BCUT2D eigenvalue weighted by Gasteiger charge is 2.56. The van der Waals surface area contributed by atoms with Crippen molar-refractivity contribution < 1.29 is 4.79 Å². The summed E-state index contributed by atoms with van der Waals surface area (Å²) >= 11 is 0. The molecule has 0 amide bonds. The Hall–Kier alpha value is -5.79. The highest BCUT2D eigenvalue weighted by molar-refractivity contribution is 6.12. The topological polar surface area (TPSA) is 17.1 Å². The molecular formula is C51H38O. The van der Waals surface area contributed by atoms with Gasteiger partial charge in [-0.25, -0.2) is 0 Å². The van der Waals surface area contributed by atoms with Gasteiger partial charge in [-0.1, -0.05) is 145 Å². The molecule has 52 heavy (non-hydrogen) atoms. The van der Waals surface area contributed by atoms with Gasteiger partial charge < -0.3 is 0 Å². The standard InChI is InChI=1S/C51H38O/c1-3-14-41-31(2)34-15-4-9-20-42(34)50(41)43-21-10-7-18-37(43)39-27-25-32(29-47(39)50)49(52)33-26-28-40-38-19-8-13-24-46(38)51(48(40)30-33)44-22-11-5-16-35(44)36-17-6-12-23-45(36)51/h3-7,9-18,20-27,29-30,40H,8,19,28H2,1-2H3/b14-3-. The monoisotopic (exact) mass is 666 g/mol. The van der Waals surface area contributed by atoms with E-state index >= 15 is 4.79 Å². The van der Waals surface area contributed by atoms with E-state index in [4.69, 9.17) is 0 Å². The van der Waals surface area contributed by atoms with Crippen LogP contribution >= 0.6 is 0 Å². The summed E-state index contributed by atoms with van der Waals surface area (Å²) in [5.74, 6) is 0.412. The maximum atomic E-state index is 15.0. The second-order valence-corrected chi connectivity index (χ2v) is 15.2. The number of ketones is 1. The molecule has 5 aromatic carbocycles. The largest absolute Gasteiger partial charge is 0.289 e. The van der Waals surface area contributed by atoms with Crippen molar-refractivity contribution in [3.63, 3.8) is 0 Å². The average Bonchev–Trinajstić information content (AvgIpc) is 3.86. The van der Waals surface area contributed by atoms with Crippen LogP contribution in [0.2, 0.25) is 0 Å². The van der Waals surface area contributed by atoms with Crippen LogP contribution in [0.3, 0.4) is 0 Å². The normalized spacial score (nSPS) is 22.2. The molecule has 2 atom stereocenters. The van der Waals surface area contributed by atoms with Crippen LogP contribution < -0.4 is 0 Å². The number of rotatable bonds is 3. The van der Waals surface area contributed by atoms with Gasteiger partial charge in [-0.2, -0.15) is 0 Å². The molecule has 6 aliphatic carbocycles. The van der Waals surface area contributed by atoms with Crippen LogP contribution in [-0.2, 0) is 10.8 Å². The number of hydrogen-bond donors (Lipinski definition) is 0. The molecule has 0 bridgehead atoms. The van der Waals surface area contributed by atoms with Crippen molar-refractivity contribution in [2.75, 3.05) is 0 Å². The fourth-order valence-corrected chi connectivity index (χ4v) is 11.3. The summed E-state index contributed by atoms with van der Waals surface area (Å²) < 4.78 is 0. The van der Waals surface area contributed by atoms with Gasteiger partial charge in [0.1, 0.15) is 0 Å². The van der Waals surface area contributed by atoms with Gasteiger partial charge in [0.05, 0.1) is 10.8 Å². The van der Waals surface area contributed by atoms with Gasteiger partial charge in [0.2, 0.25) is 0 Å². The molecule has 0 saturated carbocycles. The Morgan fingerprint density at radius 1 is 0.692 bits per heavy atom. The fourth-order valence-electron chi connectivity index (χ4n) is 11.3. The predicted octanol–water partition coefficient (Wildman–Crippen LogP) is 12.0. The zero-order valence-electron chi connectivity index (χ0n) is 29.5. The third kappa shape index (κ3) is 3.47. The number of fused-ring (bicyclic) bond motifs is 16. The number of Topliss-reactive ketones (excluding diaryl/α,β-unsaturated/α-hetero) is 1. The summed E-state index contributed by atoms with van der Waals surface area (Å²) in [5.41, 5.74) is 20.6. The Balaban J connectivity index is 1.09. The molecule has 1 heteroatoms. The van der Waals surface area contributed by atoms with E-state index in [1.54, 1.807) is 5.57 Å². The van der Waals surface area contributed by atoms with E-state index in [2.05, 4.69) is 166 Å². The maximum absolute atomic E-state index is 15.0. The smallest absolute Gasteiger partial charge is 0.192 e. The Kier molecular flexibility index (Phi) is 6.11. The quantitative estimate of drug-likeness (QED) is 0.175. The van der Waals surface area contributed by atoms with Crippen molar-refractivity contribution in [2.45, 2.75) is 43.9 Å². The van der Waals surface area contributed by atoms with Crippen molar-refractivity contribution in [1.29, 1.82) is 0 Å². The van der Waals surface area contributed by atoms with Crippen LogP contribution in [-0.4, -0.2) is 5.78 Å². The first-order chi connectivity index (χ1) is 25.6. The molecule has 2 unspecified atom stereocenters. The first-order valence-electron chi connectivity index (χ1n) is 18.8. The first kappa shape index (κ1) is 29.9. The molecule has 0 aliphatic heterocycles. The zero-order chi connectivity index (χ0) is 34.8. The highest BCUT2D eigenvalue weighted by atomic mass is 16.1. The van der Waals surface area contributed by atoms with Gasteiger partial charge in [-0.15, -0.1) is 0 Å². The van der Waals surface area contributed by atoms with E-state index in [-0.39, 0.29) is 11.2 Å². The van der Waals surface area contributed by atoms with Crippen LogP contribution in [0.4, 0.5) is 0 Å². The average molecular weight is 667 g/mol. The van der Waals surface area contributed by atoms with Gasteiger partial charge in [0, 0.05) is 17.1 Å². The second-order valence-electron chi connectivity index (χ2n) is 15.2.